The fraction of sp³-hybridized carbons (Fsp3) is 0.136. The van der Waals surface area contributed by atoms with Crippen molar-refractivity contribution in [3.63, 3.8) is 0 Å². The van der Waals surface area contributed by atoms with Gasteiger partial charge in [-0.15, -0.1) is 0 Å². The number of nitrogens with one attached hydrogen (secondary N) is 2. The Hall–Kier alpha value is -3.34. The van der Waals surface area contributed by atoms with Crippen LogP contribution in [0.5, 0.6) is 11.5 Å². The van der Waals surface area contributed by atoms with Crippen molar-refractivity contribution < 1.29 is 13.9 Å². The van der Waals surface area contributed by atoms with Crippen LogP contribution < -0.4 is 15.4 Å². The summed E-state index contributed by atoms with van der Waals surface area (Å²) < 4.78 is 19.4. The van der Waals surface area contributed by atoms with Crippen molar-refractivity contribution in [2.45, 2.75) is 13.0 Å². The Morgan fingerprint density at radius 2 is 1.59 bits per heavy atom. The van der Waals surface area contributed by atoms with Crippen molar-refractivity contribution in [3.05, 3.63) is 90.2 Å². The average Bonchev–Trinajstić information content (AvgIpc) is 2.69. The minimum atomic E-state index is -0.317. The van der Waals surface area contributed by atoms with E-state index in [4.69, 9.17) is 4.74 Å². The molecule has 3 aromatic rings. The first-order valence-corrected chi connectivity index (χ1v) is 8.78. The molecule has 0 aliphatic rings. The number of hydrogen-bond donors (Lipinski definition) is 2. The van der Waals surface area contributed by atoms with Crippen LogP contribution in [0, 0.1) is 5.82 Å². The third-order valence-corrected chi connectivity index (χ3v) is 3.96. The summed E-state index contributed by atoms with van der Waals surface area (Å²) in [5.41, 5.74) is 1.28. The molecule has 2 N–H and O–H groups in total. The number of ether oxygens (including phenoxy) is 1. The highest BCUT2D eigenvalue weighted by Gasteiger charge is 2.07. The van der Waals surface area contributed by atoms with Gasteiger partial charge in [0.1, 0.15) is 11.6 Å². The average molecular weight is 364 g/mol. The van der Waals surface area contributed by atoms with Gasteiger partial charge < -0.3 is 15.4 Å². The number of rotatable bonds is 8. The molecule has 0 radical (unpaired) electrons. The summed E-state index contributed by atoms with van der Waals surface area (Å²) in [7, 11) is 0. The highest BCUT2D eigenvalue weighted by atomic mass is 19.1. The summed E-state index contributed by atoms with van der Waals surface area (Å²) in [6, 6.07) is 23.5. The molecule has 0 aromatic heterocycles. The van der Waals surface area contributed by atoms with Crippen LogP contribution >= 0.6 is 0 Å². The zero-order chi connectivity index (χ0) is 18.9. The minimum absolute atomic E-state index is 0.146. The first-order chi connectivity index (χ1) is 13.2. The Morgan fingerprint density at radius 1 is 0.889 bits per heavy atom. The molecular weight excluding hydrogens is 343 g/mol. The molecule has 5 heteroatoms. The van der Waals surface area contributed by atoms with E-state index in [1.165, 1.54) is 6.07 Å². The van der Waals surface area contributed by atoms with Crippen LogP contribution in [-0.2, 0) is 11.3 Å². The van der Waals surface area contributed by atoms with Gasteiger partial charge in [-0.2, -0.15) is 0 Å². The number of amides is 1. The second-order valence-electron chi connectivity index (χ2n) is 5.96. The van der Waals surface area contributed by atoms with Crippen molar-refractivity contribution in [2.75, 3.05) is 11.9 Å². The topological polar surface area (TPSA) is 50.4 Å². The van der Waals surface area contributed by atoms with E-state index in [0.717, 1.165) is 11.4 Å². The summed E-state index contributed by atoms with van der Waals surface area (Å²) in [6.45, 7) is 0.623. The maximum atomic E-state index is 13.6. The van der Waals surface area contributed by atoms with Crippen molar-refractivity contribution in [1.29, 1.82) is 0 Å². The van der Waals surface area contributed by atoms with E-state index < -0.39 is 0 Å². The number of anilines is 1. The highest BCUT2D eigenvalue weighted by Crippen LogP contribution is 2.28. The second kappa shape index (κ2) is 9.38. The monoisotopic (exact) mass is 364 g/mol. The second-order valence-corrected chi connectivity index (χ2v) is 5.96. The molecule has 4 nitrogen and oxygen atoms in total. The zero-order valence-corrected chi connectivity index (χ0v) is 14.8. The minimum Gasteiger partial charge on any atom is -0.455 e. The molecular formula is C22H21FN2O2. The summed E-state index contributed by atoms with van der Waals surface area (Å²) in [5, 5.41) is 5.94. The smallest absolute Gasteiger partial charge is 0.222 e. The lowest BCUT2D eigenvalue weighted by molar-refractivity contribution is -0.121. The maximum Gasteiger partial charge on any atom is 0.222 e. The lowest BCUT2D eigenvalue weighted by Crippen LogP contribution is -2.25. The molecule has 27 heavy (non-hydrogen) atoms. The Bertz CT molecular complexity index is 884. The third kappa shape index (κ3) is 5.57. The third-order valence-electron chi connectivity index (χ3n) is 3.96. The van der Waals surface area contributed by atoms with Crippen LogP contribution in [0.4, 0.5) is 10.1 Å². The summed E-state index contributed by atoms with van der Waals surface area (Å²) >= 11 is 0. The predicted molar refractivity (Wildman–Crippen MR) is 104 cm³/mol. The molecule has 138 valence electrons. The standard InChI is InChI=1S/C22H21FN2O2/c23-19-11-5-4-8-17(19)16-25-22(26)14-15-24-20-12-6-7-13-21(20)27-18-9-2-1-3-10-18/h1-13,24H,14-16H2,(H,25,26). The number of para-hydroxylation sites is 3. The summed E-state index contributed by atoms with van der Waals surface area (Å²) in [4.78, 5) is 12.0. The molecule has 0 fully saturated rings. The first kappa shape index (κ1) is 18.5. The van der Waals surface area contributed by atoms with Gasteiger partial charge in [0.15, 0.2) is 5.75 Å². The van der Waals surface area contributed by atoms with Gasteiger partial charge in [0.05, 0.1) is 5.69 Å². The van der Waals surface area contributed by atoms with E-state index in [1.54, 1.807) is 18.2 Å². The normalized spacial score (nSPS) is 10.3. The van der Waals surface area contributed by atoms with E-state index >= 15 is 0 Å². The fourth-order valence-electron chi connectivity index (χ4n) is 2.55. The summed E-state index contributed by atoms with van der Waals surface area (Å²) in [6.07, 6.45) is 0.272. The molecule has 0 aliphatic heterocycles. The molecule has 3 rings (SSSR count). The van der Waals surface area contributed by atoms with Gasteiger partial charge in [-0.1, -0.05) is 48.5 Å². The molecule has 3 aromatic carbocycles. The van der Waals surface area contributed by atoms with Crippen LogP contribution in [0.15, 0.2) is 78.9 Å². The van der Waals surface area contributed by atoms with E-state index in [2.05, 4.69) is 10.6 Å². The molecule has 0 atom stereocenters. The molecule has 0 aliphatic carbocycles. The van der Waals surface area contributed by atoms with Gasteiger partial charge in [-0.05, 0) is 30.3 Å². The van der Waals surface area contributed by atoms with Crippen LogP contribution in [0.25, 0.3) is 0 Å². The van der Waals surface area contributed by atoms with Crippen molar-refractivity contribution in [2.24, 2.45) is 0 Å². The predicted octanol–water partition coefficient (Wildman–Crippen LogP) is 4.74. The van der Waals surface area contributed by atoms with E-state index in [9.17, 15) is 9.18 Å². The van der Waals surface area contributed by atoms with Crippen LogP contribution in [0.1, 0.15) is 12.0 Å². The largest absolute Gasteiger partial charge is 0.455 e. The lowest BCUT2D eigenvalue weighted by atomic mass is 10.2. The van der Waals surface area contributed by atoms with E-state index in [0.29, 0.717) is 17.9 Å². The van der Waals surface area contributed by atoms with E-state index in [1.807, 2.05) is 54.6 Å². The Labute approximate surface area is 158 Å². The quantitative estimate of drug-likeness (QED) is 0.607. The number of carbonyl (C=O) groups excluding carboxylic acids is 1. The Balaban J connectivity index is 1.49. The zero-order valence-electron chi connectivity index (χ0n) is 14.8. The maximum absolute atomic E-state index is 13.6. The van der Waals surface area contributed by atoms with Crippen LogP contribution in [0.2, 0.25) is 0 Å². The van der Waals surface area contributed by atoms with Gasteiger partial charge >= 0.3 is 0 Å². The van der Waals surface area contributed by atoms with Gasteiger partial charge in [-0.3, -0.25) is 4.79 Å². The molecule has 0 spiro atoms. The van der Waals surface area contributed by atoms with Gasteiger partial charge in [0.25, 0.3) is 0 Å². The van der Waals surface area contributed by atoms with Crippen LogP contribution in [0.3, 0.4) is 0 Å². The molecule has 0 bridgehead atoms. The van der Waals surface area contributed by atoms with Crippen molar-refractivity contribution in [3.8, 4) is 11.5 Å². The number of halogens is 1. The van der Waals surface area contributed by atoms with Crippen molar-refractivity contribution in [1.82, 2.24) is 5.32 Å². The molecule has 1 amide bonds. The first-order valence-electron chi connectivity index (χ1n) is 8.78. The SMILES string of the molecule is O=C(CCNc1ccccc1Oc1ccccc1)NCc1ccccc1F. The van der Waals surface area contributed by atoms with Crippen molar-refractivity contribution >= 4 is 11.6 Å². The molecule has 0 heterocycles. The van der Waals surface area contributed by atoms with Gasteiger partial charge in [-0.25, -0.2) is 4.39 Å². The number of carbonyl (C=O) groups is 1. The van der Waals surface area contributed by atoms with E-state index in [-0.39, 0.29) is 24.7 Å². The molecule has 0 unspecified atom stereocenters. The number of benzene rings is 3. The fourth-order valence-corrected chi connectivity index (χ4v) is 2.55. The number of hydrogen-bond acceptors (Lipinski definition) is 3. The Kier molecular flexibility index (Phi) is 6.41. The highest BCUT2D eigenvalue weighted by molar-refractivity contribution is 5.76. The van der Waals surface area contributed by atoms with Crippen LogP contribution in [-0.4, -0.2) is 12.5 Å². The summed E-state index contributed by atoms with van der Waals surface area (Å²) in [5.74, 6) is 0.972. The lowest BCUT2D eigenvalue weighted by Gasteiger charge is -2.13. The van der Waals surface area contributed by atoms with Gasteiger partial charge in [0, 0.05) is 25.1 Å². The Morgan fingerprint density at radius 3 is 2.41 bits per heavy atom. The molecule has 0 saturated heterocycles. The van der Waals surface area contributed by atoms with Gasteiger partial charge in [0.2, 0.25) is 5.91 Å². The molecule has 0 saturated carbocycles.